The van der Waals surface area contributed by atoms with Gasteiger partial charge >= 0.3 is 0 Å². The molecule has 1 aliphatic rings. The molecule has 1 atom stereocenters. The number of carbonyl (C=O) groups excluding carboxylic acids is 1. The summed E-state index contributed by atoms with van der Waals surface area (Å²) in [7, 11) is 1.62. The molecule has 0 radical (unpaired) electrons. The summed E-state index contributed by atoms with van der Waals surface area (Å²) in [5.41, 5.74) is 0.991. The van der Waals surface area contributed by atoms with Crippen LogP contribution in [-0.2, 0) is 16.1 Å². The SMILES string of the molecule is CCCC(=O)NCc1ccc(OC[C@H]2CCCO2)c(OC)c1. The lowest BCUT2D eigenvalue weighted by molar-refractivity contribution is -0.121. The molecule has 1 amide bonds. The van der Waals surface area contributed by atoms with Gasteiger partial charge in [-0.3, -0.25) is 4.79 Å². The Kier molecular flexibility index (Phi) is 6.52. The summed E-state index contributed by atoms with van der Waals surface area (Å²) >= 11 is 0. The Morgan fingerprint density at radius 1 is 1.41 bits per heavy atom. The molecule has 1 N–H and O–H groups in total. The van der Waals surface area contributed by atoms with Crippen molar-refractivity contribution in [2.75, 3.05) is 20.3 Å². The summed E-state index contributed by atoms with van der Waals surface area (Å²) in [6.45, 7) is 3.86. The fourth-order valence-electron chi connectivity index (χ4n) is 2.42. The third-order valence-corrected chi connectivity index (χ3v) is 3.64. The number of methoxy groups -OCH3 is 1. The molecule has 1 aliphatic heterocycles. The smallest absolute Gasteiger partial charge is 0.220 e. The summed E-state index contributed by atoms with van der Waals surface area (Å²) in [5, 5.41) is 2.89. The number of amides is 1. The number of carbonyl (C=O) groups is 1. The second-order valence-corrected chi connectivity index (χ2v) is 5.46. The normalized spacial score (nSPS) is 17.3. The molecule has 0 bridgehead atoms. The molecule has 5 nitrogen and oxygen atoms in total. The number of rotatable bonds is 8. The topological polar surface area (TPSA) is 56.8 Å². The molecule has 1 saturated heterocycles. The van der Waals surface area contributed by atoms with Crippen LogP contribution in [0.25, 0.3) is 0 Å². The molecular weight excluding hydrogens is 282 g/mol. The van der Waals surface area contributed by atoms with E-state index < -0.39 is 0 Å². The van der Waals surface area contributed by atoms with Gasteiger partial charge in [0, 0.05) is 19.6 Å². The van der Waals surface area contributed by atoms with E-state index in [1.54, 1.807) is 7.11 Å². The van der Waals surface area contributed by atoms with Gasteiger partial charge in [0.2, 0.25) is 5.91 Å². The highest BCUT2D eigenvalue weighted by Gasteiger charge is 2.17. The van der Waals surface area contributed by atoms with Crippen molar-refractivity contribution < 1.29 is 19.0 Å². The third-order valence-electron chi connectivity index (χ3n) is 3.64. The van der Waals surface area contributed by atoms with Crippen LogP contribution in [-0.4, -0.2) is 32.3 Å². The van der Waals surface area contributed by atoms with Crippen LogP contribution in [0.15, 0.2) is 18.2 Å². The number of hydrogen-bond donors (Lipinski definition) is 1. The van der Waals surface area contributed by atoms with Crippen molar-refractivity contribution in [1.29, 1.82) is 0 Å². The van der Waals surface area contributed by atoms with Gasteiger partial charge in [-0.2, -0.15) is 0 Å². The Labute approximate surface area is 131 Å². The van der Waals surface area contributed by atoms with Crippen LogP contribution >= 0.6 is 0 Å². The number of ether oxygens (including phenoxy) is 3. The van der Waals surface area contributed by atoms with E-state index in [1.807, 2.05) is 25.1 Å². The second kappa shape index (κ2) is 8.63. The number of nitrogens with one attached hydrogen (secondary N) is 1. The van der Waals surface area contributed by atoms with Gasteiger partial charge in [-0.25, -0.2) is 0 Å². The standard InChI is InChI=1S/C17H25NO4/c1-3-5-17(19)18-11-13-7-8-15(16(10-13)20-2)22-12-14-6-4-9-21-14/h7-8,10,14H,3-6,9,11-12H2,1-2H3,(H,18,19)/t14-/m1/s1. The molecule has 122 valence electrons. The molecule has 1 aromatic rings. The lowest BCUT2D eigenvalue weighted by atomic mass is 10.2. The van der Waals surface area contributed by atoms with Crippen molar-refractivity contribution in [1.82, 2.24) is 5.32 Å². The monoisotopic (exact) mass is 307 g/mol. The summed E-state index contributed by atoms with van der Waals surface area (Å²) in [4.78, 5) is 11.5. The molecule has 0 spiro atoms. The molecule has 5 heteroatoms. The van der Waals surface area contributed by atoms with Crippen LogP contribution in [0.1, 0.15) is 38.2 Å². The van der Waals surface area contributed by atoms with E-state index in [1.165, 1.54) is 0 Å². The maximum Gasteiger partial charge on any atom is 0.220 e. The fraction of sp³-hybridized carbons (Fsp3) is 0.588. The van der Waals surface area contributed by atoms with Crippen LogP contribution in [0.4, 0.5) is 0 Å². The first kappa shape index (κ1) is 16.6. The van der Waals surface area contributed by atoms with Crippen molar-refractivity contribution in [3.63, 3.8) is 0 Å². The van der Waals surface area contributed by atoms with Gasteiger partial charge in [0.15, 0.2) is 11.5 Å². The molecule has 1 fully saturated rings. The number of benzene rings is 1. The van der Waals surface area contributed by atoms with E-state index in [0.29, 0.717) is 31.1 Å². The van der Waals surface area contributed by atoms with Gasteiger partial charge in [-0.15, -0.1) is 0 Å². The molecule has 1 aromatic carbocycles. The van der Waals surface area contributed by atoms with E-state index in [4.69, 9.17) is 14.2 Å². The van der Waals surface area contributed by atoms with E-state index >= 15 is 0 Å². The quantitative estimate of drug-likeness (QED) is 0.802. The zero-order chi connectivity index (χ0) is 15.8. The number of hydrogen-bond acceptors (Lipinski definition) is 4. The first-order valence-electron chi connectivity index (χ1n) is 7.91. The minimum Gasteiger partial charge on any atom is -0.493 e. The van der Waals surface area contributed by atoms with Gasteiger partial charge in [0.25, 0.3) is 0 Å². The van der Waals surface area contributed by atoms with Crippen LogP contribution in [0, 0.1) is 0 Å². The van der Waals surface area contributed by atoms with Crippen molar-refractivity contribution >= 4 is 5.91 Å². The summed E-state index contributed by atoms with van der Waals surface area (Å²) in [6.07, 6.45) is 3.73. The Morgan fingerprint density at radius 2 is 2.27 bits per heavy atom. The summed E-state index contributed by atoms with van der Waals surface area (Å²) < 4.78 is 16.7. The summed E-state index contributed by atoms with van der Waals surface area (Å²) in [5.74, 6) is 1.46. The maximum atomic E-state index is 11.5. The van der Waals surface area contributed by atoms with Crippen molar-refractivity contribution in [2.45, 2.75) is 45.3 Å². The fourth-order valence-corrected chi connectivity index (χ4v) is 2.42. The van der Waals surface area contributed by atoms with Gasteiger partial charge in [-0.1, -0.05) is 13.0 Å². The molecule has 2 rings (SSSR count). The summed E-state index contributed by atoms with van der Waals surface area (Å²) in [6, 6.07) is 5.73. The van der Waals surface area contributed by atoms with Gasteiger partial charge in [0.05, 0.1) is 13.2 Å². The van der Waals surface area contributed by atoms with Gasteiger partial charge in [-0.05, 0) is 37.0 Å². The molecule has 0 aliphatic carbocycles. The van der Waals surface area contributed by atoms with Crippen LogP contribution in [0.5, 0.6) is 11.5 Å². The van der Waals surface area contributed by atoms with E-state index in [-0.39, 0.29) is 12.0 Å². The zero-order valence-corrected chi connectivity index (χ0v) is 13.4. The highest BCUT2D eigenvalue weighted by molar-refractivity contribution is 5.75. The highest BCUT2D eigenvalue weighted by Crippen LogP contribution is 2.29. The second-order valence-electron chi connectivity index (χ2n) is 5.46. The molecule has 0 aromatic heterocycles. The average Bonchev–Trinajstić information content (AvgIpc) is 3.05. The Bertz CT molecular complexity index is 484. The zero-order valence-electron chi connectivity index (χ0n) is 13.4. The van der Waals surface area contributed by atoms with Crippen molar-refractivity contribution in [3.05, 3.63) is 23.8 Å². The Hall–Kier alpha value is -1.75. The maximum absolute atomic E-state index is 11.5. The Balaban J connectivity index is 1.90. The predicted octanol–water partition coefficient (Wildman–Crippen LogP) is 2.67. The molecule has 0 saturated carbocycles. The van der Waals surface area contributed by atoms with Crippen LogP contribution in [0.3, 0.4) is 0 Å². The van der Waals surface area contributed by atoms with E-state index in [0.717, 1.165) is 31.4 Å². The highest BCUT2D eigenvalue weighted by atomic mass is 16.5. The van der Waals surface area contributed by atoms with Crippen molar-refractivity contribution in [3.8, 4) is 11.5 Å². The largest absolute Gasteiger partial charge is 0.493 e. The van der Waals surface area contributed by atoms with Crippen molar-refractivity contribution in [2.24, 2.45) is 0 Å². The van der Waals surface area contributed by atoms with Gasteiger partial charge in [0.1, 0.15) is 6.61 Å². The first-order chi connectivity index (χ1) is 10.7. The lowest BCUT2D eigenvalue weighted by Gasteiger charge is -2.15. The first-order valence-corrected chi connectivity index (χ1v) is 7.91. The Morgan fingerprint density at radius 3 is 2.95 bits per heavy atom. The molecule has 22 heavy (non-hydrogen) atoms. The third kappa shape index (κ3) is 4.91. The van der Waals surface area contributed by atoms with Crippen LogP contribution in [0.2, 0.25) is 0 Å². The minimum absolute atomic E-state index is 0.0696. The molecule has 1 heterocycles. The lowest BCUT2D eigenvalue weighted by Crippen LogP contribution is -2.22. The predicted molar refractivity (Wildman–Crippen MR) is 84.2 cm³/mol. The average molecular weight is 307 g/mol. The van der Waals surface area contributed by atoms with E-state index in [2.05, 4.69) is 5.32 Å². The van der Waals surface area contributed by atoms with E-state index in [9.17, 15) is 4.79 Å². The molecular formula is C17H25NO4. The molecule has 0 unspecified atom stereocenters. The minimum atomic E-state index is 0.0696. The van der Waals surface area contributed by atoms with Gasteiger partial charge < -0.3 is 19.5 Å². The van der Waals surface area contributed by atoms with Crippen LogP contribution < -0.4 is 14.8 Å².